The van der Waals surface area contributed by atoms with Gasteiger partial charge in [-0.2, -0.15) is 9.97 Å². The Morgan fingerprint density at radius 3 is 2.21 bits per heavy atom. The highest BCUT2D eigenvalue weighted by Gasteiger charge is 2.25. The molecule has 3 aliphatic rings. The topological polar surface area (TPSA) is 56.3 Å². The normalized spacial score (nSPS) is 25.9. The molecule has 1 aromatic heterocycles. The summed E-state index contributed by atoms with van der Waals surface area (Å²) in [6.45, 7) is 8.95. The Balaban J connectivity index is 1.54. The van der Waals surface area contributed by atoms with Crippen molar-refractivity contribution in [1.29, 1.82) is 0 Å². The molecule has 3 heterocycles. The average Bonchev–Trinajstić information content (AvgIpc) is 3.34. The Kier molecular flexibility index (Phi) is 6.19. The summed E-state index contributed by atoms with van der Waals surface area (Å²) in [6, 6.07) is 2.67. The zero-order valence-electron chi connectivity index (χ0n) is 17.3. The number of anilines is 3. The van der Waals surface area contributed by atoms with Crippen LogP contribution in [0.15, 0.2) is 6.07 Å². The van der Waals surface area contributed by atoms with E-state index in [1.165, 1.54) is 44.9 Å². The maximum atomic E-state index is 5.56. The molecule has 1 aromatic rings. The standard InChI is InChI=1S/C21H34N6S/c1-15-11-16(2)14-27(13-15)19-12-18(26-9-5-6-10-26)23-20(24-19)25-21(28)22-17-7-3-4-8-17/h12,15-17H,3-11,13-14H2,1-2H3,(H2,22,23,24,25,28)/t15-,16+. The molecule has 154 valence electrons. The van der Waals surface area contributed by atoms with Crippen LogP contribution in [0.4, 0.5) is 17.6 Å². The average molecular weight is 403 g/mol. The molecule has 0 radical (unpaired) electrons. The zero-order chi connectivity index (χ0) is 19.5. The van der Waals surface area contributed by atoms with Gasteiger partial charge >= 0.3 is 0 Å². The Hall–Kier alpha value is -1.63. The van der Waals surface area contributed by atoms with Crippen LogP contribution in [0.5, 0.6) is 0 Å². The summed E-state index contributed by atoms with van der Waals surface area (Å²) in [5.41, 5.74) is 0. The van der Waals surface area contributed by atoms with Crippen LogP contribution in [-0.4, -0.2) is 47.3 Å². The molecule has 1 saturated carbocycles. The van der Waals surface area contributed by atoms with Crippen LogP contribution < -0.4 is 20.4 Å². The van der Waals surface area contributed by atoms with Crippen molar-refractivity contribution in [3.8, 4) is 0 Å². The van der Waals surface area contributed by atoms with Gasteiger partial charge in [0.2, 0.25) is 5.95 Å². The first-order chi connectivity index (χ1) is 13.6. The third kappa shape index (κ3) is 4.85. The molecule has 2 saturated heterocycles. The van der Waals surface area contributed by atoms with Crippen LogP contribution in [0.2, 0.25) is 0 Å². The molecule has 0 aromatic carbocycles. The van der Waals surface area contributed by atoms with Crippen molar-refractivity contribution in [3.63, 3.8) is 0 Å². The number of aromatic nitrogens is 2. The Bertz CT molecular complexity index is 673. The van der Waals surface area contributed by atoms with Gasteiger partial charge in [-0.15, -0.1) is 0 Å². The van der Waals surface area contributed by atoms with E-state index in [4.69, 9.17) is 22.2 Å². The largest absolute Gasteiger partial charge is 0.360 e. The fourth-order valence-corrected chi connectivity index (χ4v) is 5.25. The van der Waals surface area contributed by atoms with E-state index in [1.54, 1.807) is 0 Å². The molecule has 4 rings (SSSR count). The summed E-state index contributed by atoms with van der Waals surface area (Å²) in [7, 11) is 0. The number of thiocarbonyl (C=S) groups is 1. The van der Waals surface area contributed by atoms with Crippen molar-refractivity contribution in [3.05, 3.63) is 6.07 Å². The van der Waals surface area contributed by atoms with E-state index in [1.807, 2.05) is 0 Å². The molecule has 7 heteroatoms. The van der Waals surface area contributed by atoms with Crippen molar-refractivity contribution >= 4 is 34.9 Å². The van der Waals surface area contributed by atoms with Gasteiger partial charge < -0.3 is 20.4 Å². The van der Waals surface area contributed by atoms with Gasteiger partial charge in [-0.3, -0.25) is 0 Å². The second-order valence-electron chi connectivity index (χ2n) is 9.03. The predicted octanol–water partition coefficient (Wildman–Crippen LogP) is 3.79. The van der Waals surface area contributed by atoms with Gasteiger partial charge in [-0.05, 0) is 56.2 Å². The molecule has 0 unspecified atom stereocenters. The minimum absolute atomic E-state index is 0.491. The molecule has 3 fully saturated rings. The highest BCUT2D eigenvalue weighted by Crippen LogP contribution is 2.29. The van der Waals surface area contributed by atoms with Crippen molar-refractivity contribution in [2.24, 2.45) is 11.8 Å². The number of hydrogen-bond donors (Lipinski definition) is 2. The summed E-state index contributed by atoms with van der Waals surface area (Å²) in [5, 5.41) is 7.37. The lowest BCUT2D eigenvalue weighted by molar-refractivity contribution is 0.355. The summed E-state index contributed by atoms with van der Waals surface area (Å²) in [4.78, 5) is 14.5. The van der Waals surface area contributed by atoms with E-state index in [-0.39, 0.29) is 0 Å². The van der Waals surface area contributed by atoms with Crippen LogP contribution in [0.3, 0.4) is 0 Å². The molecule has 2 N–H and O–H groups in total. The minimum Gasteiger partial charge on any atom is -0.360 e. The fraction of sp³-hybridized carbons (Fsp3) is 0.762. The lowest BCUT2D eigenvalue weighted by Gasteiger charge is -2.36. The molecule has 0 bridgehead atoms. The minimum atomic E-state index is 0.491. The molecule has 0 spiro atoms. The van der Waals surface area contributed by atoms with E-state index in [0.29, 0.717) is 28.9 Å². The molecular formula is C21H34N6S. The Labute approximate surface area is 174 Å². The summed E-state index contributed by atoms with van der Waals surface area (Å²) >= 11 is 5.56. The van der Waals surface area contributed by atoms with E-state index in [9.17, 15) is 0 Å². The van der Waals surface area contributed by atoms with Crippen molar-refractivity contribution < 1.29 is 0 Å². The summed E-state index contributed by atoms with van der Waals surface area (Å²) in [6.07, 6.45) is 8.74. The van der Waals surface area contributed by atoms with Gasteiger partial charge in [0.05, 0.1) is 0 Å². The third-order valence-corrected chi connectivity index (χ3v) is 6.46. The maximum Gasteiger partial charge on any atom is 0.232 e. The lowest BCUT2D eigenvalue weighted by Crippen LogP contribution is -2.40. The Morgan fingerprint density at radius 2 is 1.57 bits per heavy atom. The number of nitrogens with zero attached hydrogens (tertiary/aromatic N) is 4. The van der Waals surface area contributed by atoms with Crippen LogP contribution in [0.25, 0.3) is 0 Å². The van der Waals surface area contributed by atoms with Gasteiger partial charge in [-0.25, -0.2) is 0 Å². The molecule has 1 aliphatic carbocycles. The molecule has 6 nitrogen and oxygen atoms in total. The van der Waals surface area contributed by atoms with Crippen LogP contribution in [-0.2, 0) is 0 Å². The first-order valence-electron chi connectivity index (χ1n) is 11.0. The Morgan fingerprint density at radius 1 is 0.964 bits per heavy atom. The quantitative estimate of drug-likeness (QED) is 0.743. The first-order valence-corrected chi connectivity index (χ1v) is 11.4. The number of piperidine rings is 1. The van der Waals surface area contributed by atoms with Crippen LogP contribution in [0, 0.1) is 11.8 Å². The summed E-state index contributed by atoms with van der Waals surface area (Å²) in [5.74, 6) is 4.06. The van der Waals surface area contributed by atoms with Crippen LogP contribution >= 0.6 is 12.2 Å². The highest BCUT2D eigenvalue weighted by molar-refractivity contribution is 7.80. The molecule has 2 aliphatic heterocycles. The third-order valence-electron chi connectivity index (χ3n) is 6.24. The molecule has 28 heavy (non-hydrogen) atoms. The molecule has 0 amide bonds. The monoisotopic (exact) mass is 402 g/mol. The highest BCUT2D eigenvalue weighted by atomic mass is 32.1. The number of rotatable bonds is 4. The second kappa shape index (κ2) is 8.80. The van der Waals surface area contributed by atoms with Gasteiger partial charge in [0.25, 0.3) is 0 Å². The van der Waals surface area contributed by atoms with Crippen molar-refractivity contribution in [2.45, 2.75) is 64.8 Å². The predicted molar refractivity (Wildman–Crippen MR) is 120 cm³/mol. The number of nitrogens with one attached hydrogen (secondary N) is 2. The van der Waals surface area contributed by atoms with E-state index < -0.39 is 0 Å². The van der Waals surface area contributed by atoms with E-state index in [0.717, 1.165) is 37.8 Å². The van der Waals surface area contributed by atoms with Gasteiger partial charge in [-0.1, -0.05) is 26.7 Å². The van der Waals surface area contributed by atoms with E-state index in [2.05, 4.69) is 40.3 Å². The zero-order valence-corrected chi connectivity index (χ0v) is 18.1. The van der Waals surface area contributed by atoms with Gasteiger partial charge in [0.1, 0.15) is 11.6 Å². The molecule has 2 atom stereocenters. The lowest BCUT2D eigenvalue weighted by atomic mass is 9.92. The number of hydrogen-bond acceptors (Lipinski definition) is 5. The van der Waals surface area contributed by atoms with Crippen molar-refractivity contribution in [2.75, 3.05) is 41.3 Å². The van der Waals surface area contributed by atoms with Gasteiger partial charge in [0.15, 0.2) is 5.11 Å². The maximum absolute atomic E-state index is 5.56. The van der Waals surface area contributed by atoms with E-state index >= 15 is 0 Å². The first kappa shape index (κ1) is 19.7. The van der Waals surface area contributed by atoms with Crippen LogP contribution in [0.1, 0.15) is 58.8 Å². The fourth-order valence-electron chi connectivity index (χ4n) is 4.99. The summed E-state index contributed by atoms with van der Waals surface area (Å²) < 4.78 is 0. The van der Waals surface area contributed by atoms with Gasteiger partial charge in [0, 0.05) is 38.3 Å². The van der Waals surface area contributed by atoms with Crippen molar-refractivity contribution in [1.82, 2.24) is 15.3 Å². The second-order valence-corrected chi connectivity index (χ2v) is 9.44. The SMILES string of the molecule is C[C@@H]1C[C@H](C)CN(c2cc(N3CCCC3)nc(NC(=S)NC3CCCC3)n2)C1. The smallest absolute Gasteiger partial charge is 0.232 e. The molecular weight excluding hydrogens is 368 g/mol.